The summed E-state index contributed by atoms with van der Waals surface area (Å²) >= 11 is 0. The van der Waals surface area contributed by atoms with Crippen molar-refractivity contribution < 1.29 is 19.0 Å². The second kappa shape index (κ2) is 17.1. The fraction of sp³-hybridized carbons (Fsp3) is 0.640. The van der Waals surface area contributed by atoms with Crippen LogP contribution in [0, 0.1) is 0 Å². The minimum Gasteiger partial charge on any atom is -0.461 e. The summed E-state index contributed by atoms with van der Waals surface area (Å²) in [6, 6.07) is 7.18. The van der Waals surface area contributed by atoms with Crippen molar-refractivity contribution in [1.29, 1.82) is 0 Å². The van der Waals surface area contributed by atoms with Crippen molar-refractivity contribution in [2.45, 2.75) is 97.2 Å². The lowest BCUT2D eigenvalue weighted by Gasteiger charge is -2.21. The Hall–Kier alpha value is -1.81. The lowest BCUT2D eigenvalue weighted by atomic mass is 10.1. The van der Waals surface area contributed by atoms with Crippen LogP contribution in [-0.2, 0) is 9.53 Å². The van der Waals surface area contributed by atoms with E-state index in [-0.39, 0.29) is 6.29 Å². The fourth-order valence-electron chi connectivity index (χ4n) is 3.10. The number of ether oxygens (including phenoxy) is 3. The van der Waals surface area contributed by atoms with Crippen LogP contribution in [0.15, 0.2) is 36.9 Å². The van der Waals surface area contributed by atoms with Crippen LogP contribution in [0.25, 0.3) is 0 Å². The molecule has 0 spiro atoms. The smallest absolute Gasteiger partial charge is 0.335 e. The summed E-state index contributed by atoms with van der Waals surface area (Å²) in [6.07, 6.45) is 15.3. The standard InChI is InChI=1S/C25H40O4/c1-4-7-9-10-11-12-13-14-17-21-27-25(20-8-5-2)29-23-19-16-15-18-22(23)28-24(26)6-3/h6,15-16,18-19,25H,3-5,7-14,17,20-21H2,1-2H3. The Bertz CT molecular complexity index is 556. The van der Waals surface area contributed by atoms with Gasteiger partial charge >= 0.3 is 5.97 Å². The predicted molar refractivity (Wildman–Crippen MR) is 119 cm³/mol. The summed E-state index contributed by atoms with van der Waals surface area (Å²) in [5.74, 6) is 0.420. The Balaban J connectivity index is 2.37. The van der Waals surface area contributed by atoms with Gasteiger partial charge in [0.15, 0.2) is 17.8 Å². The number of hydrogen-bond acceptors (Lipinski definition) is 4. The van der Waals surface area contributed by atoms with Crippen LogP contribution < -0.4 is 9.47 Å². The molecule has 0 fully saturated rings. The van der Waals surface area contributed by atoms with Gasteiger partial charge in [-0.25, -0.2) is 4.79 Å². The van der Waals surface area contributed by atoms with Gasteiger partial charge in [-0.2, -0.15) is 0 Å². The van der Waals surface area contributed by atoms with Crippen molar-refractivity contribution >= 4 is 5.97 Å². The highest BCUT2D eigenvalue weighted by Crippen LogP contribution is 2.28. The van der Waals surface area contributed by atoms with E-state index in [2.05, 4.69) is 20.4 Å². The minimum atomic E-state index is -0.498. The van der Waals surface area contributed by atoms with Crippen molar-refractivity contribution in [3.63, 3.8) is 0 Å². The lowest BCUT2D eigenvalue weighted by Crippen LogP contribution is -2.22. The maximum atomic E-state index is 11.5. The molecule has 1 aromatic carbocycles. The molecule has 4 heteroatoms. The fourth-order valence-corrected chi connectivity index (χ4v) is 3.10. The summed E-state index contributed by atoms with van der Waals surface area (Å²) in [6.45, 7) is 8.53. The molecule has 1 rings (SSSR count). The monoisotopic (exact) mass is 404 g/mol. The highest BCUT2D eigenvalue weighted by atomic mass is 16.7. The first-order valence-electron chi connectivity index (χ1n) is 11.4. The van der Waals surface area contributed by atoms with Gasteiger partial charge in [-0.1, -0.05) is 90.3 Å². The molecule has 1 atom stereocenters. The Morgan fingerprint density at radius 1 is 0.897 bits per heavy atom. The maximum Gasteiger partial charge on any atom is 0.335 e. The molecule has 0 amide bonds. The summed E-state index contributed by atoms with van der Waals surface area (Å²) < 4.78 is 17.3. The number of carbonyl (C=O) groups is 1. The number of unbranched alkanes of at least 4 members (excludes halogenated alkanes) is 9. The third-order valence-corrected chi connectivity index (χ3v) is 4.83. The molecular formula is C25H40O4. The zero-order valence-electron chi connectivity index (χ0n) is 18.5. The third-order valence-electron chi connectivity index (χ3n) is 4.83. The summed E-state index contributed by atoms with van der Waals surface area (Å²) in [5, 5.41) is 0. The van der Waals surface area contributed by atoms with Crippen LogP contribution in [0.4, 0.5) is 0 Å². The number of para-hydroxylation sites is 2. The molecule has 0 radical (unpaired) electrons. The van der Waals surface area contributed by atoms with Crippen molar-refractivity contribution in [2.75, 3.05) is 6.61 Å². The zero-order valence-corrected chi connectivity index (χ0v) is 18.5. The van der Waals surface area contributed by atoms with E-state index in [0.29, 0.717) is 18.1 Å². The summed E-state index contributed by atoms with van der Waals surface area (Å²) in [4.78, 5) is 11.5. The van der Waals surface area contributed by atoms with Gasteiger partial charge < -0.3 is 14.2 Å². The molecule has 1 unspecified atom stereocenters. The molecule has 0 aliphatic carbocycles. The van der Waals surface area contributed by atoms with Gasteiger partial charge in [0.25, 0.3) is 0 Å². The number of benzene rings is 1. The number of esters is 1. The van der Waals surface area contributed by atoms with Crippen molar-refractivity contribution in [3.8, 4) is 11.5 Å². The number of rotatable bonds is 18. The van der Waals surface area contributed by atoms with E-state index >= 15 is 0 Å². The molecule has 0 saturated carbocycles. The van der Waals surface area contributed by atoms with Crippen LogP contribution in [0.5, 0.6) is 11.5 Å². The van der Waals surface area contributed by atoms with Gasteiger partial charge in [0.2, 0.25) is 0 Å². The topological polar surface area (TPSA) is 44.8 Å². The average Bonchev–Trinajstić information content (AvgIpc) is 2.74. The highest BCUT2D eigenvalue weighted by Gasteiger charge is 2.15. The van der Waals surface area contributed by atoms with Crippen LogP contribution >= 0.6 is 0 Å². The van der Waals surface area contributed by atoms with E-state index in [1.165, 1.54) is 51.4 Å². The maximum absolute atomic E-state index is 11.5. The van der Waals surface area contributed by atoms with E-state index in [1.54, 1.807) is 12.1 Å². The minimum absolute atomic E-state index is 0.326. The van der Waals surface area contributed by atoms with Gasteiger partial charge in [0.05, 0.1) is 6.61 Å². The lowest BCUT2D eigenvalue weighted by molar-refractivity contribution is -0.129. The molecule has 0 aliphatic rings. The van der Waals surface area contributed by atoms with E-state index in [9.17, 15) is 4.79 Å². The SMILES string of the molecule is C=CC(=O)Oc1ccccc1OC(CCCC)OCCCCCCCCCCC. The first-order valence-corrected chi connectivity index (χ1v) is 11.4. The van der Waals surface area contributed by atoms with Crippen molar-refractivity contribution in [2.24, 2.45) is 0 Å². The summed E-state index contributed by atoms with van der Waals surface area (Å²) in [7, 11) is 0. The number of hydrogen-bond donors (Lipinski definition) is 0. The molecule has 0 N–H and O–H groups in total. The van der Waals surface area contributed by atoms with E-state index in [0.717, 1.165) is 31.8 Å². The largest absolute Gasteiger partial charge is 0.461 e. The zero-order chi connectivity index (χ0) is 21.2. The molecule has 0 aromatic heterocycles. The molecular weight excluding hydrogens is 364 g/mol. The van der Waals surface area contributed by atoms with Crippen LogP contribution in [0.3, 0.4) is 0 Å². The molecule has 0 heterocycles. The first-order chi connectivity index (χ1) is 14.2. The van der Waals surface area contributed by atoms with Crippen molar-refractivity contribution in [3.05, 3.63) is 36.9 Å². The van der Waals surface area contributed by atoms with Crippen LogP contribution in [-0.4, -0.2) is 18.9 Å². The predicted octanol–water partition coefficient (Wildman–Crippen LogP) is 7.22. The molecule has 0 aliphatic heterocycles. The summed E-state index contributed by atoms with van der Waals surface area (Å²) in [5.41, 5.74) is 0. The number of carbonyl (C=O) groups excluding carboxylic acids is 1. The van der Waals surface area contributed by atoms with E-state index < -0.39 is 5.97 Å². The molecule has 0 bridgehead atoms. The average molecular weight is 405 g/mol. The molecule has 4 nitrogen and oxygen atoms in total. The Morgan fingerprint density at radius 2 is 1.48 bits per heavy atom. The second-order valence-corrected chi connectivity index (χ2v) is 7.46. The Kier molecular flexibility index (Phi) is 14.9. The van der Waals surface area contributed by atoms with Gasteiger partial charge in [-0.3, -0.25) is 0 Å². The van der Waals surface area contributed by atoms with Gasteiger partial charge in [-0.15, -0.1) is 0 Å². The van der Waals surface area contributed by atoms with Gasteiger partial charge in [0.1, 0.15) is 0 Å². The van der Waals surface area contributed by atoms with Gasteiger partial charge in [-0.05, 0) is 25.0 Å². The third kappa shape index (κ3) is 12.4. The second-order valence-electron chi connectivity index (χ2n) is 7.46. The normalized spacial score (nSPS) is 11.8. The van der Waals surface area contributed by atoms with Gasteiger partial charge in [0, 0.05) is 12.5 Å². The molecule has 164 valence electrons. The van der Waals surface area contributed by atoms with Crippen LogP contribution in [0.2, 0.25) is 0 Å². The molecule has 1 aromatic rings. The van der Waals surface area contributed by atoms with E-state index in [4.69, 9.17) is 14.2 Å². The molecule has 0 saturated heterocycles. The highest BCUT2D eigenvalue weighted by molar-refractivity contribution is 5.83. The molecule has 29 heavy (non-hydrogen) atoms. The Labute approximate surface area is 177 Å². The van der Waals surface area contributed by atoms with Crippen LogP contribution in [0.1, 0.15) is 90.9 Å². The first kappa shape index (κ1) is 25.2. The Morgan fingerprint density at radius 3 is 2.10 bits per heavy atom. The van der Waals surface area contributed by atoms with Crippen molar-refractivity contribution in [1.82, 2.24) is 0 Å². The van der Waals surface area contributed by atoms with E-state index in [1.807, 2.05) is 12.1 Å². The quantitative estimate of drug-likeness (QED) is 0.0851.